The van der Waals surface area contributed by atoms with Crippen molar-refractivity contribution < 1.29 is 9.32 Å². The predicted molar refractivity (Wildman–Crippen MR) is 63.8 cm³/mol. The van der Waals surface area contributed by atoms with Crippen LogP contribution in [0.1, 0.15) is 36.0 Å². The highest BCUT2D eigenvalue weighted by atomic mass is 16.5. The molecule has 0 spiro atoms. The summed E-state index contributed by atoms with van der Waals surface area (Å²) in [6.07, 6.45) is 1.97. The maximum absolute atomic E-state index is 12.3. The van der Waals surface area contributed by atoms with E-state index in [1.807, 2.05) is 4.90 Å². The van der Waals surface area contributed by atoms with E-state index in [0.29, 0.717) is 17.5 Å². The number of amides is 1. The van der Waals surface area contributed by atoms with Crippen LogP contribution in [0.5, 0.6) is 0 Å². The maximum Gasteiger partial charge on any atom is 0.276 e. The molecule has 1 fully saturated rings. The van der Waals surface area contributed by atoms with Crippen LogP contribution in [-0.4, -0.2) is 41.6 Å². The van der Waals surface area contributed by atoms with Crippen LogP contribution in [0.2, 0.25) is 0 Å². The van der Waals surface area contributed by atoms with E-state index in [0.717, 1.165) is 32.5 Å². The lowest BCUT2D eigenvalue weighted by Gasteiger charge is -2.27. The molecule has 2 heterocycles. The molecule has 1 N–H and O–H groups in total. The second-order valence-corrected chi connectivity index (χ2v) is 4.47. The molecule has 2 rings (SSSR count). The minimum Gasteiger partial charge on any atom is -0.361 e. The molecule has 0 bridgehead atoms. The SMILES string of the molecule is CCCN(C(=O)c1cc(C)on1)C1CCNC1. The molecule has 5 nitrogen and oxygen atoms in total. The Kier molecular flexibility index (Phi) is 3.78. The topological polar surface area (TPSA) is 58.4 Å². The zero-order chi connectivity index (χ0) is 12.3. The summed E-state index contributed by atoms with van der Waals surface area (Å²) in [6.45, 7) is 6.51. The molecule has 1 amide bonds. The van der Waals surface area contributed by atoms with E-state index in [1.54, 1.807) is 13.0 Å². The number of carbonyl (C=O) groups excluding carboxylic acids is 1. The third kappa shape index (κ3) is 2.66. The molecule has 1 aromatic rings. The zero-order valence-corrected chi connectivity index (χ0v) is 10.4. The summed E-state index contributed by atoms with van der Waals surface area (Å²) in [6, 6.07) is 1.99. The minimum absolute atomic E-state index is 0.0163. The number of hydrogen-bond donors (Lipinski definition) is 1. The van der Waals surface area contributed by atoms with Crippen LogP contribution in [0.3, 0.4) is 0 Å². The second kappa shape index (κ2) is 5.31. The first-order valence-corrected chi connectivity index (χ1v) is 6.17. The number of aromatic nitrogens is 1. The Balaban J connectivity index is 2.12. The van der Waals surface area contributed by atoms with Crippen molar-refractivity contribution in [2.45, 2.75) is 32.7 Å². The van der Waals surface area contributed by atoms with Crippen LogP contribution < -0.4 is 5.32 Å². The highest BCUT2D eigenvalue weighted by Crippen LogP contribution is 2.14. The van der Waals surface area contributed by atoms with Crippen LogP contribution >= 0.6 is 0 Å². The van der Waals surface area contributed by atoms with Gasteiger partial charge in [0.2, 0.25) is 0 Å². The Labute approximate surface area is 101 Å². The van der Waals surface area contributed by atoms with E-state index >= 15 is 0 Å². The van der Waals surface area contributed by atoms with Crippen molar-refractivity contribution in [1.29, 1.82) is 0 Å². The van der Waals surface area contributed by atoms with Gasteiger partial charge in [0.25, 0.3) is 5.91 Å². The van der Waals surface area contributed by atoms with Crippen molar-refractivity contribution in [3.63, 3.8) is 0 Å². The molecule has 0 aliphatic carbocycles. The maximum atomic E-state index is 12.3. The zero-order valence-electron chi connectivity index (χ0n) is 10.4. The van der Waals surface area contributed by atoms with Gasteiger partial charge in [-0.25, -0.2) is 0 Å². The normalized spacial score (nSPS) is 19.5. The van der Waals surface area contributed by atoms with Gasteiger partial charge >= 0.3 is 0 Å². The van der Waals surface area contributed by atoms with Gasteiger partial charge in [-0.3, -0.25) is 4.79 Å². The van der Waals surface area contributed by atoms with Gasteiger partial charge in [0.05, 0.1) is 0 Å². The molecule has 5 heteroatoms. The molecular weight excluding hydrogens is 218 g/mol. The molecule has 1 aliphatic rings. The third-order valence-corrected chi connectivity index (χ3v) is 3.05. The predicted octanol–water partition coefficient (Wildman–Crippen LogP) is 1.20. The van der Waals surface area contributed by atoms with Gasteiger partial charge in [0, 0.05) is 25.2 Å². The Bertz CT molecular complexity index is 383. The van der Waals surface area contributed by atoms with E-state index < -0.39 is 0 Å². The fourth-order valence-corrected chi connectivity index (χ4v) is 2.21. The molecular formula is C12H19N3O2. The Hall–Kier alpha value is -1.36. The Morgan fingerprint density at radius 3 is 3.06 bits per heavy atom. The quantitative estimate of drug-likeness (QED) is 0.854. The van der Waals surface area contributed by atoms with Crippen LogP contribution in [-0.2, 0) is 0 Å². The Morgan fingerprint density at radius 2 is 2.53 bits per heavy atom. The van der Waals surface area contributed by atoms with Gasteiger partial charge < -0.3 is 14.7 Å². The molecule has 0 aromatic carbocycles. The van der Waals surface area contributed by atoms with Crippen LogP contribution in [0, 0.1) is 6.92 Å². The monoisotopic (exact) mass is 237 g/mol. The molecule has 94 valence electrons. The van der Waals surface area contributed by atoms with Gasteiger partial charge in [0.15, 0.2) is 5.69 Å². The summed E-state index contributed by atoms with van der Waals surface area (Å²) >= 11 is 0. The van der Waals surface area contributed by atoms with E-state index in [9.17, 15) is 4.79 Å². The van der Waals surface area contributed by atoms with Crippen LogP contribution in [0.15, 0.2) is 10.6 Å². The third-order valence-electron chi connectivity index (χ3n) is 3.05. The average molecular weight is 237 g/mol. The van der Waals surface area contributed by atoms with E-state index in [2.05, 4.69) is 17.4 Å². The minimum atomic E-state index is -0.0163. The van der Waals surface area contributed by atoms with Gasteiger partial charge in [-0.15, -0.1) is 0 Å². The molecule has 1 aliphatic heterocycles. The van der Waals surface area contributed by atoms with E-state index in [-0.39, 0.29) is 5.91 Å². The summed E-state index contributed by atoms with van der Waals surface area (Å²) in [4.78, 5) is 14.2. The summed E-state index contributed by atoms with van der Waals surface area (Å²) in [7, 11) is 0. The summed E-state index contributed by atoms with van der Waals surface area (Å²) in [5.74, 6) is 0.659. The lowest BCUT2D eigenvalue weighted by molar-refractivity contribution is 0.0681. The van der Waals surface area contributed by atoms with Crippen molar-refractivity contribution in [3.8, 4) is 0 Å². The number of nitrogens with zero attached hydrogens (tertiary/aromatic N) is 2. The molecule has 1 unspecified atom stereocenters. The van der Waals surface area contributed by atoms with Crippen molar-refractivity contribution in [1.82, 2.24) is 15.4 Å². The highest BCUT2D eigenvalue weighted by Gasteiger charge is 2.28. The number of rotatable bonds is 4. The molecule has 0 radical (unpaired) electrons. The van der Waals surface area contributed by atoms with E-state index in [1.165, 1.54) is 0 Å². The smallest absolute Gasteiger partial charge is 0.276 e. The summed E-state index contributed by atoms with van der Waals surface area (Å²) in [5.41, 5.74) is 0.419. The number of hydrogen-bond acceptors (Lipinski definition) is 4. The van der Waals surface area contributed by atoms with Crippen molar-refractivity contribution in [3.05, 3.63) is 17.5 Å². The van der Waals surface area contributed by atoms with Crippen LogP contribution in [0.25, 0.3) is 0 Å². The summed E-state index contributed by atoms with van der Waals surface area (Å²) < 4.78 is 4.96. The average Bonchev–Trinajstić information content (AvgIpc) is 2.95. The van der Waals surface area contributed by atoms with Gasteiger partial charge in [-0.05, 0) is 26.3 Å². The molecule has 1 atom stereocenters. The molecule has 1 aromatic heterocycles. The van der Waals surface area contributed by atoms with Gasteiger partial charge in [0.1, 0.15) is 5.76 Å². The van der Waals surface area contributed by atoms with Gasteiger partial charge in [-0.1, -0.05) is 12.1 Å². The van der Waals surface area contributed by atoms with Crippen molar-refractivity contribution in [2.75, 3.05) is 19.6 Å². The largest absolute Gasteiger partial charge is 0.361 e. The molecule has 1 saturated heterocycles. The number of carbonyl (C=O) groups is 1. The summed E-state index contributed by atoms with van der Waals surface area (Å²) in [5, 5.41) is 7.09. The molecule has 0 saturated carbocycles. The van der Waals surface area contributed by atoms with Crippen molar-refractivity contribution >= 4 is 5.91 Å². The number of nitrogens with one attached hydrogen (secondary N) is 1. The second-order valence-electron chi connectivity index (χ2n) is 4.47. The Morgan fingerprint density at radius 1 is 1.71 bits per heavy atom. The fourth-order valence-electron chi connectivity index (χ4n) is 2.21. The lowest BCUT2D eigenvalue weighted by atomic mass is 10.2. The molecule has 17 heavy (non-hydrogen) atoms. The first-order valence-electron chi connectivity index (χ1n) is 6.17. The van der Waals surface area contributed by atoms with Gasteiger partial charge in [-0.2, -0.15) is 0 Å². The lowest BCUT2D eigenvalue weighted by Crippen LogP contribution is -2.42. The highest BCUT2D eigenvalue weighted by molar-refractivity contribution is 5.92. The van der Waals surface area contributed by atoms with E-state index in [4.69, 9.17) is 4.52 Å². The fraction of sp³-hybridized carbons (Fsp3) is 0.667. The first-order chi connectivity index (χ1) is 8.22. The standard InChI is InChI=1S/C12H19N3O2/c1-3-6-15(10-4-5-13-8-10)12(16)11-7-9(2)17-14-11/h7,10,13H,3-6,8H2,1-2H3. The first kappa shape index (κ1) is 12.1. The van der Waals surface area contributed by atoms with Crippen molar-refractivity contribution in [2.24, 2.45) is 0 Å². The number of aryl methyl sites for hydroxylation is 1. The van der Waals surface area contributed by atoms with Crippen LogP contribution in [0.4, 0.5) is 0 Å².